The van der Waals surface area contributed by atoms with Crippen LogP contribution in [0.2, 0.25) is 0 Å². The number of anilines is 3. The van der Waals surface area contributed by atoms with Gasteiger partial charge in [-0.15, -0.1) is 0 Å². The molecule has 338 valence electrons. The van der Waals surface area contributed by atoms with Crippen LogP contribution < -0.4 is 21.3 Å². The van der Waals surface area contributed by atoms with Gasteiger partial charge in [0.1, 0.15) is 0 Å². The second kappa shape index (κ2) is 20.8. The zero-order chi connectivity index (χ0) is 48.4. The van der Waals surface area contributed by atoms with Crippen molar-refractivity contribution in [3.8, 4) is 0 Å². The Bertz CT molecular complexity index is 2990. The van der Waals surface area contributed by atoms with Crippen molar-refractivity contribution in [3.63, 3.8) is 0 Å². The maximum Gasteiger partial charge on any atom is 0.339 e. The van der Waals surface area contributed by atoms with Crippen LogP contribution in [-0.2, 0) is 24.5 Å². The Labute approximate surface area is 386 Å². The molecular formula is C53H46N4O10. The molecule has 0 saturated heterocycles. The van der Waals surface area contributed by atoms with Gasteiger partial charge in [-0.2, -0.15) is 0 Å². The smallest absolute Gasteiger partial charge is 0.339 e. The van der Waals surface area contributed by atoms with Gasteiger partial charge in [-0.3, -0.25) is 28.8 Å². The van der Waals surface area contributed by atoms with Crippen LogP contribution in [0, 0.1) is 6.92 Å². The van der Waals surface area contributed by atoms with Gasteiger partial charge in [0.2, 0.25) is 0 Å². The number of carbonyl (C=O) groups excluding carboxylic acids is 8. The van der Waals surface area contributed by atoms with E-state index in [1.54, 1.807) is 50.2 Å². The van der Waals surface area contributed by atoms with Crippen LogP contribution in [0.4, 0.5) is 17.1 Å². The highest BCUT2D eigenvalue weighted by Crippen LogP contribution is 2.35. The lowest BCUT2D eigenvalue weighted by Gasteiger charge is -2.28. The van der Waals surface area contributed by atoms with E-state index in [9.17, 15) is 38.4 Å². The summed E-state index contributed by atoms with van der Waals surface area (Å²) in [7, 11) is 1.39. The summed E-state index contributed by atoms with van der Waals surface area (Å²) in [4.78, 5) is 104. The van der Waals surface area contributed by atoms with Crippen molar-refractivity contribution in [2.75, 3.05) is 36.2 Å². The molecule has 0 atom stereocenters. The van der Waals surface area contributed by atoms with Gasteiger partial charge in [0.25, 0.3) is 23.6 Å². The number of amides is 4. The molecule has 6 aromatic carbocycles. The first-order chi connectivity index (χ1) is 32.0. The molecular weight excluding hydrogens is 853 g/mol. The topological polar surface area (TPSA) is 203 Å². The third-order valence-corrected chi connectivity index (χ3v) is 10.9. The molecule has 0 aliphatic carbocycles. The molecule has 0 aliphatic rings. The minimum absolute atomic E-state index is 0.0304. The molecule has 0 aromatic heterocycles. The number of benzene rings is 6. The summed E-state index contributed by atoms with van der Waals surface area (Å²) >= 11 is 0. The van der Waals surface area contributed by atoms with Crippen molar-refractivity contribution < 1.29 is 47.8 Å². The van der Waals surface area contributed by atoms with Crippen molar-refractivity contribution in [2.45, 2.75) is 26.2 Å². The van der Waals surface area contributed by atoms with Crippen LogP contribution in [0.1, 0.15) is 92.7 Å². The maximum atomic E-state index is 14.1. The van der Waals surface area contributed by atoms with E-state index in [0.717, 1.165) is 17.7 Å². The number of rotatable bonds is 17. The largest absolute Gasteiger partial charge is 0.454 e. The number of nitrogens with one attached hydrogen (secondary N) is 4. The molecule has 6 aromatic rings. The molecule has 6 rings (SSSR count). The third kappa shape index (κ3) is 11.1. The van der Waals surface area contributed by atoms with Gasteiger partial charge in [-0.25, -0.2) is 9.59 Å². The lowest BCUT2D eigenvalue weighted by molar-refractivity contribution is -0.118. The summed E-state index contributed by atoms with van der Waals surface area (Å²) in [5, 5.41) is 12.6. The van der Waals surface area contributed by atoms with Crippen LogP contribution in [0.5, 0.6) is 0 Å². The molecule has 0 saturated carbocycles. The van der Waals surface area contributed by atoms with Crippen LogP contribution in [0.25, 0.3) is 10.8 Å². The number of ether oxygens (including phenoxy) is 2. The monoisotopic (exact) mass is 898 g/mol. The summed E-state index contributed by atoms with van der Waals surface area (Å²) in [5.74, 6) is -4.97. The molecule has 0 spiro atoms. The molecule has 4 N–H and O–H groups in total. The first-order valence-electron chi connectivity index (χ1n) is 20.8. The van der Waals surface area contributed by atoms with Crippen LogP contribution in [-0.4, -0.2) is 67.4 Å². The molecule has 14 nitrogen and oxygen atoms in total. The van der Waals surface area contributed by atoms with Crippen molar-refractivity contribution >= 4 is 75.0 Å². The molecule has 0 fully saturated rings. The summed E-state index contributed by atoms with van der Waals surface area (Å²) in [5.41, 5.74) is 2.82. The number of hydrogen-bond acceptors (Lipinski definition) is 10. The van der Waals surface area contributed by atoms with Gasteiger partial charge >= 0.3 is 11.9 Å². The number of ketones is 2. The Balaban J connectivity index is 1.24. The summed E-state index contributed by atoms with van der Waals surface area (Å²) in [6.07, 6.45) is 2.01. The normalized spacial score (nSPS) is 10.8. The van der Waals surface area contributed by atoms with Crippen molar-refractivity contribution in [2.24, 2.45) is 0 Å². The average molecular weight is 899 g/mol. The van der Waals surface area contributed by atoms with E-state index in [-0.39, 0.29) is 39.4 Å². The quantitative estimate of drug-likeness (QED) is 0.0508. The highest BCUT2D eigenvalue weighted by molar-refractivity contribution is 6.15. The fourth-order valence-electron chi connectivity index (χ4n) is 6.96. The van der Waals surface area contributed by atoms with Gasteiger partial charge in [0.15, 0.2) is 24.8 Å². The van der Waals surface area contributed by atoms with E-state index >= 15 is 0 Å². The van der Waals surface area contributed by atoms with Gasteiger partial charge in [0, 0.05) is 51.4 Å². The van der Waals surface area contributed by atoms with Gasteiger partial charge < -0.3 is 30.7 Å². The highest BCUT2D eigenvalue weighted by Gasteiger charge is 2.30. The Morgan fingerprint density at radius 1 is 0.522 bits per heavy atom. The second-order valence-electron chi connectivity index (χ2n) is 15.7. The average Bonchev–Trinajstić information content (AvgIpc) is 3.34. The predicted molar refractivity (Wildman–Crippen MR) is 255 cm³/mol. The molecule has 67 heavy (non-hydrogen) atoms. The fraction of sp³-hybridized carbons (Fsp3) is 0.132. The standard InChI is InChI=1S/C53H46N4O10/c1-7-37(58)29-66-51(64)41-23-19-34(27-43(41)49(62)54-6)53(4,5)35-20-24-42(52(65)67-30-38(59)8-2)44(28-35)50(63)55-36-21-17-33(18-22-36)48(61)57-46-26-25-45(39-11-9-10-12-40(39)46)56-47(60)32-15-13-31(3)14-16-32/h7-28H,1-2,29-30H2,3-6H3,(H,54,62)(H,55,63)(H,56,60)(H,57,61). The van der Waals surface area contributed by atoms with Gasteiger partial charge in [-0.05, 0) is 103 Å². The minimum Gasteiger partial charge on any atom is -0.454 e. The van der Waals surface area contributed by atoms with E-state index < -0.39 is 59.9 Å². The van der Waals surface area contributed by atoms with E-state index in [1.165, 1.54) is 55.6 Å². The molecule has 0 bridgehead atoms. The lowest BCUT2D eigenvalue weighted by atomic mass is 9.76. The highest BCUT2D eigenvalue weighted by atomic mass is 16.5. The van der Waals surface area contributed by atoms with Crippen molar-refractivity contribution in [3.05, 3.63) is 197 Å². The Morgan fingerprint density at radius 3 is 1.39 bits per heavy atom. The molecule has 0 aliphatic heterocycles. The van der Waals surface area contributed by atoms with E-state index in [2.05, 4.69) is 34.4 Å². The SMILES string of the molecule is C=CC(=O)COC(=O)c1ccc(C(C)(C)c2ccc(C(=O)OCC(=O)C=C)c(C(=O)Nc3ccc(C(=O)Nc4ccc(NC(=O)c5ccc(C)cc5)c5ccccc45)cc3)c2)cc1C(=O)NC. The number of fused-ring (bicyclic) bond motifs is 1. The maximum absolute atomic E-state index is 14.1. The third-order valence-electron chi connectivity index (χ3n) is 10.9. The lowest BCUT2D eigenvalue weighted by Crippen LogP contribution is -2.26. The van der Waals surface area contributed by atoms with E-state index in [1.807, 2.05) is 43.3 Å². The Kier molecular flexibility index (Phi) is 14.8. The second-order valence-corrected chi connectivity index (χ2v) is 15.7. The number of carbonyl (C=O) groups is 8. The zero-order valence-corrected chi connectivity index (χ0v) is 37.1. The first-order valence-corrected chi connectivity index (χ1v) is 20.8. The number of hydrogen-bond donors (Lipinski definition) is 4. The molecule has 0 unspecified atom stereocenters. The predicted octanol–water partition coefficient (Wildman–Crippen LogP) is 8.41. The number of esters is 2. The fourth-order valence-corrected chi connectivity index (χ4v) is 6.96. The Hall–Kier alpha value is -8.78. The van der Waals surface area contributed by atoms with E-state index in [4.69, 9.17) is 9.47 Å². The van der Waals surface area contributed by atoms with Crippen LogP contribution in [0.15, 0.2) is 147 Å². The molecule has 14 heteroatoms. The summed E-state index contributed by atoms with van der Waals surface area (Å²) in [6.45, 7) is 11.1. The summed E-state index contributed by atoms with van der Waals surface area (Å²) in [6, 6.07) is 33.0. The van der Waals surface area contributed by atoms with Crippen molar-refractivity contribution in [1.82, 2.24) is 5.32 Å². The van der Waals surface area contributed by atoms with Crippen LogP contribution in [0.3, 0.4) is 0 Å². The molecule has 0 heterocycles. The van der Waals surface area contributed by atoms with Gasteiger partial charge in [-0.1, -0.05) is 81.1 Å². The molecule has 4 amide bonds. The molecule has 0 radical (unpaired) electrons. The number of aryl methyl sites for hydroxylation is 1. The summed E-state index contributed by atoms with van der Waals surface area (Å²) < 4.78 is 10.3. The van der Waals surface area contributed by atoms with Gasteiger partial charge in [0.05, 0.1) is 22.3 Å². The minimum atomic E-state index is -0.976. The Morgan fingerprint density at radius 2 is 0.955 bits per heavy atom. The van der Waals surface area contributed by atoms with Crippen LogP contribution >= 0.6 is 0 Å². The first kappa shape index (κ1) is 47.7. The van der Waals surface area contributed by atoms with Crippen molar-refractivity contribution in [1.29, 1.82) is 0 Å². The van der Waals surface area contributed by atoms with E-state index in [0.29, 0.717) is 38.8 Å². The zero-order valence-electron chi connectivity index (χ0n) is 37.1.